The minimum absolute atomic E-state index is 0.385. The SMILES string of the molecule is Cc1cc(C(=O)O[C@@H](C)C(=O)Nc2ccc3ccccc3c2)c2ccccc2n1. The highest BCUT2D eigenvalue weighted by molar-refractivity contribution is 6.05. The standard InChI is InChI=1S/C24H20N2O3/c1-15-13-21(20-9-5-6-10-22(20)25-15)24(28)29-16(2)23(27)26-19-12-11-17-7-3-4-8-18(17)14-19/h3-14,16H,1-2H3,(H,26,27)/t16-/m0/s1. The molecule has 0 saturated carbocycles. The van der Waals surface area contributed by atoms with Crippen LogP contribution in [0.3, 0.4) is 0 Å². The molecule has 4 rings (SSSR count). The number of benzene rings is 3. The number of anilines is 1. The van der Waals surface area contributed by atoms with E-state index >= 15 is 0 Å². The fraction of sp³-hybridized carbons (Fsp3) is 0.125. The molecule has 0 bridgehead atoms. The van der Waals surface area contributed by atoms with E-state index in [0.29, 0.717) is 27.8 Å². The number of carbonyl (C=O) groups is 2. The second-order valence-corrected chi connectivity index (χ2v) is 6.93. The maximum Gasteiger partial charge on any atom is 0.339 e. The van der Waals surface area contributed by atoms with E-state index in [1.54, 1.807) is 13.0 Å². The molecule has 0 radical (unpaired) electrons. The molecule has 4 aromatic rings. The number of carbonyl (C=O) groups excluding carboxylic acids is 2. The molecule has 1 aromatic heterocycles. The zero-order valence-corrected chi connectivity index (χ0v) is 16.2. The van der Waals surface area contributed by atoms with Gasteiger partial charge in [-0.1, -0.05) is 48.5 Å². The van der Waals surface area contributed by atoms with Crippen LogP contribution in [0.25, 0.3) is 21.7 Å². The number of nitrogens with one attached hydrogen (secondary N) is 1. The summed E-state index contributed by atoms with van der Waals surface area (Å²) in [6, 6.07) is 22.6. The largest absolute Gasteiger partial charge is 0.449 e. The summed E-state index contributed by atoms with van der Waals surface area (Å²) in [5.41, 5.74) is 2.48. The van der Waals surface area contributed by atoms with Crippen molar-refractivity contribution in [3.8, 4) is 0 Å². The van der Waals surface area contributed by atoms with Crippen LogP contribution in [0.4, 0.5) is 5.69 Å². The lowest BCUT2D eigenvalue weighted by Gasteiger charge is -2.15. The smallest absolute Gasteiger partial charge is 0.339 e. The van der Waals surface area contributed by atoms with Gasteiger partial charge in [0.05, 0.1) is 11.1 Å². The van der Waals surface area contributed by atoms with Crippen LogP contribution in [0.2, 0.25) is 0 Å². The molecule has 1 atom stereocenters. The van der Waals surface area contributed by atoms with Crippen molar-refractivity contribution >= 4 is 39.2 Å². The van der Waals surface area contributed by atoms with Crippen molar-refractivity contribution < 1.29 is 14.3 Å². The Morgan fingerprint density at radius 1 is 0.931 bits per heavy atom. The zero-order chi connectivity index (χ0) is 20.4. The molecule has 3 aromatic carbocycles. The Balaban J connectivity index is 1.50. The maximum absolute atomic E-state index is 12.7. The third-order valence-corrected chi connectivity index (χ3v) is 4.73. The first-order valence-electron chi connectivity index (χ1n) is 9.38. The Bertz CT molecular complexity index is 1230. The van der Waals surface area contributed by atoms with E-state index in [9.17, 15) is 9.59 Å². The molecule has 144 valence electrons. The maximum atomic E-state index is 12.7. The summed E-state index contributed by atoms with van der Waals surface area (Å²) in [5.74, 6) is -0.934. The Labute approximate surface area is 168 Å². The third kappa shape index (κ3) is 3.94. The quantitative estimate of drug-likeness (QED) is 0.509. The highest BCUT2D eigenvalue weighted by Gasteiger charge is 2.21. The third-order valence-electron chi connectivity index (χ3n) is 4.73. The summed E-state index contributed by atoms with van der Waals surface area (Å²) in [5, 5.41) is 5.62. The summed E-state index contributed by atoms with van der Waals surface area (Å²) >= 11 is 0. The van der Waals surface area contributed by atoms with Gasteiger partial charge >= 0.3 is 5.97 Å². The Morgan fingerprint density at radius 2 is 1.66 bits per heavy atom. The van der Waals surface area contributed by atoms with Crippen LogP contribution in [0.1, 0.15) is 23.0 Å². The average molecular weight is 384 g/mol. The first-order chi connectivity index (χ1) is 14.0. The van der Waals surface area contributed by atoms with Crippen LogP contribution in [-0.2, 0) is 9.53 Å². The molecular formula is C24H20N2O3. The van der Waals surface area contributed by atoms with Gasteiger partial charge in [-0.05, 0) is 48.9 Å². The molecule has 5 heteroatoms. The molecule has 0 aliphatic carbocycles. The van der Waals surface area contributed by atoms with Crippen LogP contribution >= 0.6 is 0 Å². The minimum atomic E-state index is -0.943. The molecule has 1 N–H and O–H groups in total. The zero-order valence-electron chi connectivity index (χ0n) is 16.2. The van der Waals surface area contributed by atoms with Gasteiger partial charge in [-0.25, -0.2) is 4.79 Å². The Morgan fingerprint density at radius 3 is 2.48 bits per heavy atom. The summed E-state index contributed by atoms with van der Waals surface area (Å²) in [4.78, 5) is 29.7. The van der Waals surface area contributed by atoms with Crippen LogP contribution in [0, 0.1) is 6.92 Å². The van der Waals surface area contributed by atoms with Gasteiger partial charge in [0.2, 0.25) is 0 Å². The Kier molecular flexibility index (Phi) is 4.96. The van der Waals surface area contributed by atoms with E-state index in [1.165, 1.54) is 0 Å². The van der Waals surface area contributed by atoms with Crippen molar-refractivity contribution in [2.45, 2.75) is 20.0 Å². The molecule has 0 aliphatic heterocycles. The number of hydrogen-bond donors (Lipinski definition) is 1. The lowest BCUT2D eigenvalue weighted by molar-refractivity contribution is -0.123. The molecule has 0 saturated heterocycles. The molecule has 29 heavy (non-hydrogen) atoms. The van der Waals surface area contributed by atoms with Crippen LogP contribution in [-0.4, -0.2) is 23.0 Å². The number of fused-ring (bicyclic) bond motifs is 2. The number of hydrogen-bond acceptors (Lipinski definition) is 4. The van der Waals surface area contributed by atoms with E-state index in [0.717, 1.165) is 10.8 Å². The summed E-state index contributed by atoms with van der Waals surface area (Å²) < 4.78 is 5.44. The van der Waals surface area contributed by atoms with E-state index in [2.05, 4.69) is 10.3 Å². The topological polar surface area (TPSA) is 68.3 Å². The predicted octanol–water partition coefficient (Wildman–Crippen LogP) is 4.88. The number of esters is 1. The van der Waals surface area contributed by atoms with Gasteiger partial charge in [0, 0.05) is 16.8 Å². The number of nitrogens with zero attached hydrogens (tertiary/aromatic N) is 1. The molecule has 1 amide bonds. The number of ether oxygens (including phenoxy) is 1. The molecule has 0 spiro atoms. The van der Waals surface area contributed by atoms with E-state index in [4.69, 9.17) is 4.74 Å². The molecule has 0 aliphatic rings. The first-order valence-corrected chi connectivity index (χ1v) is 9.38. The number of aromatic nitrogens is 1. The van der Waals surface area contributed by atoms with E-state index in [1.807, 2.05) is 73.7 Å². The van der Waals surface area contributed by atoms with Crippen LogP contribution in [0.5, 0.6) is 0 Å². The minimum Gasteiger partial charge on any atom is -0.449 e. The molecule has 0 unspecified atom stereocenters. The van der Waals surface area contributed by atoms with Gasteiger partial charge < -0.3 is 10.1 Å². The predicted molar refractivity (Wildman–Crippen MR) is 114 cm³/mol. The van der Waals surface area contributed by atoms with E-state index in [-0.39, 0.29) is 5.91 Å². The van der Waals surface area contributed by atoms with Crippen LogP contribution < -0.4 is 5.32 Å². The normalized spacial score (nSPS) is 11.9. The van der Waals surface area contributed by atoms with Gasteiger partial charge in [0.25, 0.3) is 5.91 Å². The van der Waals surface area contributed by atoms with Gasteiger partial charge in [-0.15, -0.1) is 0 Å². The van der Waals surface area contributed by atoms with Crippen molar-refractivity contribution in [2.75, 3.05) is 5.32 Å². The first kappa shape index (κ1) is 18.6. The average Bonchev–Trinajstić information content (AvgIpc) is 2.72. The molecular weight excluding hydrogens is 364 g/mol. The summed E-state index contributed by atoms with van der Waals surface area (Å²) in [7, 11) is 0. The summed E-state index contributed by atoms with van der Waals surface area (Å²) in [6.07, 6.45) is -0.943. The van der Waals surface area contributed by atoms with Crippen LogP contribution in [0.15, 0.2) is 72.8 Å². The second kappa shape index (κ2) is 7.72. The lowest BCUT2D eigenvalue weighted by atomic mass is 10.1. The molecule has 1 heterocycles. The van der Waals surface area contributed by atoms with Gasteiger partial charge in [0.1, 0.15) is 0 Å². The van der Waals surface area contributed by atoms with Crippen molar-refractivity contribution in [1.29, 1.82) is 0 Å². The number of amides is 1. The fourth-order valence-electron chi connectivity index (χ4n) is 3.27. The number of rotatable bonds is 4. The monoisotopic (exact) mass is 384 g/mol. The Hall–Kier alpha value is -3.73. The summed E-state index contributed by atoms with van der Waals surface area (Å²) in [6.45, 7) is 3.38. The van der Waals surface area contributed by atoms with Gasteiger partial charge in [-0.3, -0.25) is 9.78 Å². The fourth-order valence-corrected chi connectivity index (χ4v) is 3.27. The highest BCUT2D eigenvalue weighted by Crippen LogP contribution is 2.21. The van der Waals surface area contributed by atoms with Crippen molar-refractivity contribution in [3.63, 3.8) is 0 Å². The number of aryl methyl sites for hydroxylation is 1. The van der Waals surface area contributed by atoms with Gasteiger partial charge in [-0.2, -0.15) is 0 Å². The second-order valence-electron chi connectivity index (χ2n) is 6.93. The number of para-hydroxylation sites is 1. The van der Waals surface area contributed by atoms with Crippen molar-refractivity contribution in [3.05, 3.63) is 84.1 Å². The lowest BCUT2D eigenvalue weighted by Crippen LogP contribution is -2.30. The van der Waals surface area contributed by atoms with E-state index < -0.39 is 12.1 Å². The number of pyridine rings is 1. The highest BCUT2D eigenvalue weighted by atomic mass is 16.5. The van der Waals surface area contributed by atoms with Gasteiger partial charge in [0.15, 0.2) is 6.10 Å². The van der Waals surface area contributed by atoms with Crippen molar-refractivity contribution in [2.24, 2.45) is 0 Å². The molecule has 5 nitrogen and oxygen atoms in total. The molecule has 0 fully saturated rings. The van der Waals surface area contributed by atoms with Crippen molar-refractivity contribution in [1.82, 2.24) is 4.98 Å².